The fraction of sp³-hybridized carbons (Fsp3) is 0.0417. The van der Waals surface area contributed by atoms with E-state index in [2.05, 4.69) is 17.4 Å². The molecule has 0 saturated carbocycles. The van der Waals surface area contributed by atoms with Crippen molar-refractivity contribution in [2.45, 2.75) is 0 Å². The van der Waals surface area contributed by atoms with Crippen LogP contribution in [0.4, 0.5) is 5.69 Å². The van der Waals surface area contributed by atoms with Gasteiger partial charge in [0, 0.05) is 5.69 Å². The number of hydrogen-bond acceptors (Lipinski definition) is 4. The molecule has 1 aliphatic heterocycles. The SMILES string of the molecule is O=C(CN1C(=O)/C(=C/c2ccc(-c3ccccc3)cc2)SC1=S)Nc1ccccc1. The fourth-order valence-electron chi connectivity index (χ4n) is 3.06. The first kappa shape index (κ1) is 20.1. The highest BCUT2D eigenvalue weighted by atomic mass is 32.2. The average molecular weight is 431 g/mol. The molecule has 2 amide bonds. The van der Waals surface area contributed by atoms with Gasteiger partial charge in [-0.2, -0.15) is 0 Å². The van der Waals surface area contributed by atoms with Gasteiger partial charge in [-0.25, -0.2) is 0 Å². The lowest BCUT2D eigenvalue weighted by Crippen LogP contribution is -2.36. The first-order valence-electron chi connectivity index (χ1n) is 9.36. The van der Waals surface area contributed by atoms with E-state index in [4.69, 9.17) is 12.2 Å². The van der Waals surface area contributed by atoms with E-state index in [0.717, 1.165) is 16.7 Å². The van der Waals surface area contributed by atoms with E-state index in [-0.39, 0.29) is 18.4 Å². The van der Waals surface area contributed by atoms with Crippen LogP contribution in [0.15, 0.2) is 89.8 Å². The third-order valence-corrected chi connectivity index (χ3v) is 5.93. The Morgan fingerprint density at radius 1 is 0.900 bits per heavy atom. The molecule has 0 unspecified atom stereocenters. The van der Waals surface area contributed by atoms with E-state index in [1.807, 2.05) is 66.7 Å². The predicted octanol–water partition coefficient (Wildman–Crippen LogP) is 5.19. The van der Waals surface area contributed by atoms with Gasteiger partial charge in [0.05, 0.1) is 4.91 Å². The highest BCUT2D eigenvalue weighted by molar-refractivity contribution is 8.26. The van der Waals surface area contributed by atoms with Crippen molar-refractivity contribution in [3.63, 3.8) is 0 Å². The van der Waals surface area contributed by atoms with Crippen LogP contribution in [0.25, 0.3) is 17.2 Å². The number of anilines is 1. The van der Waals surface area contributed by atoms with Crippen molar-refractivity contribution >= 4 is 51.9 Å². The molecule has 0 spiro atoms. The molecule has 30 heavy (non-hydrogen) atoms. The molecule has 4 nitrogen and oxygen atoms in total. The normalized spacial score (nSPS) is 14.9. The molecule has 1 N–H and O–H groups in total. The summed E-state index contributed by atoms with van der Waals surface area (Å²) in [6.45, 7) is -0.107. The lowest BCUT2D eigenvalue weighted by atomic mass is 10.0. The summed E-state index contributed by atoms with van der Waals surface area (Å²) in [7, 11) is 0. The van der Waals surface area contributed by atoms with Crippen molar-refractivity contribution in [1.82, 2.24) is 4.90 Å². The second-order valence-corrected chi connectivity index (χ2v) is 8.35. The Morgan fingerprint density at radius 2 is 1.50 bits per heavy atom. The van der Waals surface area contributed by atoms with Gasteiger partial charge in [-0.3, -0.25) is 14.5 Å². The zero-order valence-electron chi connectivity index (χ0n) is 15.9. The van der Waals surface area contributed by atoms with Crippen molar-refractivity contribution in [2.75, 3.05) is 11.9 Å². The van der Waals surface area contributed by atoms with E-state index < -0.39 is 0 Å². The number of carbonyl (C=O) groups excluding carboxylic acids is 2. The predicted molar refractivity (Wildman–Crippen MR) is 127 cm³/mol. The van der Waals surface area contributed by atoms with Crippen LogP contribution in [0.2, 0.25) is 0 Å². The van der Waals surface area contributed by atoms with Crippen LogP contribution in [-0.4, -0.2) is 27.6 Å². The molecule has 0 aromatic heterocycles. The molecule has 3 aromatic carbocycles. The molecule has 148 valence electrons. The molecule has 1 heterocycles. The molecule has 6 heteroatoms. The Balaban J connectivity index is 1.44. The molecule has 0 bridgehead atoms. The summed E-state index contributed by atoms with van der Waals surface area (Å²) in [6.07, 6.45) is 1.81. The van der Waals surface area contributed by atoms with Gasteiger partial charge in [-0.1, -0.05) is 96.8 Å². The third-order valence-electron chi connectivity index (χ3n) is 4.55. The minimum atomic E-state index is -0.286. The summed E-state index contributed by atoms with van der Waals surface area (Å²) >= 11 is 6.54. The summed E-state index contributed by atoms with van der Waals surface area (Å²) in [5.74, 6) is -0.536. The number of thioether (sulfide) groups is 1. The molecule has 0 radical (unpaired) electrons. The molecular weight excluding hydrogens is 412 g/mol. The van der Waals surface area contributed by atoms with Crippen LogP contribution < -0.4 is 5.32 Å². The maximum Gasteiger partial charge on any atom is 0.266 e. The number of nitrogens with one attached hydrogen (secondary N) is 1. The van der Waals surface area contributed by atoms with Gasteiger partial charge in [0.2, 0.25) is 5.91 Å². The van der Waals surface area contributed by atoms with E-state index in [1.54, 1.807) is 12.1 Å². The lowest BCUT2D eigenvalue weighted by Gasteiger charge is -2.14. The van der Waals surface area contributed by atoms with Gasteiger partial charge in [0.1, 0.15) is 10.9 Å². The summed E-state index contributed by atoms with van der Waals surface area (Å²) in [6, 6.07) is 27.2. The lowest BCUT2D eigenvalue weighted by molar-refractivity contribution is -0.126. The number of nitrogens with zero attached hydrogens (tertiary/aromatic N) is 1. The minimum absolute atomic E-state index is 0.107. The van der Waals surface area contributed by atoms with Gasteiger partial charge in [-0.05, 0) is 34.9 Å². The largest absolute Gasteiger partial charge is 0.325 e. The number of carbonyl (C=O) groups is 2. The van der Waals surface area contributed by atoms with Crippen LogP contribution in [-0.2, 0) is 9.59 Å². The highest BCUT2D eigenvalue weighted by Crippen LogP contribution is 2.32. The Kier molecular flexibility index (Phi) is 6.07. The minimum Gasteiger partial charge on any atom is -0.325 e. The number of rotatable bonds is 5. The summed E-state index contributed by atoms with van der Waals surface area (Å²) in [5.41, 5.74) is 3.84. The quantitative estimate of drug-likeness (QED) is 0.447. The second kappa shape index (κ2) is 9.07. The molecule has 0 aliphatic carbocycles. The van der Waals surface area contributed by atoms with Crippen molar-refractivity contribution in [3.05, 3.63) is 95.4 Å². The fourth-order valence-corrected chi connectivity index (χ4v) is 4.31. The number of benzene rings is 3. The van der Waals surface area contributed by atoms with Crippen molar-refractivity contribution in [1.29, 1.82) is 0 Å². The van der Waals surface area contributed by atoms with Gasteiger partial charge in [-0.15, -0.1) is 0 Å². The summed E-state index contributed by atoms with van der Waals surface area (Å²) in [4.78, 5) is 26.9. The van der Waals surface area contributed by atoms with E-state index >= 15 is 0 Å². The van der Waals surface area contributed by atoms with Crippen LogP contribution in [0.5, 0.6) is 0 Å². The van der Waals surface area contributed by atoms with Crippen LogP contribution in [0.3, 0.4) is 0 Å². The number of hydrogen-bond donors (Lipinski definition) is 1. The maximum absolute atomic E-state index is 12.8. The Hall–Kier alpha value is -3.22. The molecule has 1 fully saturated rings. The Morgan fingerprint density at radius 3 is 2.17 bits per heavy atom. The standard InChI is InChI=1S/C24H18N2O2S2/c27-22(25-20-9-5-2-6-10-20)16-26-23(28)21(30-24(26)29)15-17-11-13-19(14-12-17)18-7-3-1-4-8-18/h1-15H,16H2,(H,25,27)/b21-15-. The number of amides is 2. The van der Waals surface area contributed by atoms with Crippen LogP contribution in [0.1, 0.15) is 5.56 Å². The molecular formula is C24H18N2O2S2. The smallest absolute Gasteiger partial charge is 0.266 e. The molecule has 0 atom stereocenters. The van der Waals surface area contributed by atoms with E-state index in [9.17, 15) is 9.59 Å². The summed E-state index contributed by atoms with van der Waals surface area (Å²) < 4.78 is 0.385. The van der Waals surface area contributed by atoms with Gasteiger partial charge in [0.15, 0.2) is 0 Å². The van der Waals surface area contributed by atoms with Crippen LogP contribution in [0, 0.1) is 0 Å². The monoisotopic (exact) mass is 430 g/mol. The number of para-hydroxylation sites is 1. The average Bonchev–Trinajstić information content (AvgIpc) is 3.03. The molecule has 3 aromatic rings. The topological polar surface area (TPSA) is 49.4 Å². The molecule has 4 rings (SSSR count). The molecule has 1 saturated heterocycles. The van der Waals surface area contributed by atoms with Gasteiger partial charge < -0.3 is 5.32 Å². The van der Waals surface area contributed by atoms with E-state index in [1.165, 1.54) is 16.7 Å². The van der Waals surface area contributed by atoms with Crippen molar-refractivity contribution in [3.8, 4) is 11.1 Å². The van der Waals surface area contributed by atoms with Gasteiger partial charge in [0.25, 0.3) is 5.91 Å². The molecule has 1 aliphatic rings. The Labute approximate surface area is 184 Å². The first-order valence-corrected chi connectivity index (χ1v) is 10.6. The van der Waals surface area contributed by atoms with E-state index in [0.29, 0.717) is 14.9 Å². The first-order chi connectivity index (χ1) is 14.6. The highest BCUT2D eigenvalue weighted by Gasteiger charge is 2.33. The zero-order chi connectivity index (χ0) is 20.9. The number of thiocarbonyl (C=S) groups is 1. The third kappa shape index (κ3) is 4.67. The van der Waals surface area contributed by atoms with Crippen LogP contribution >= 0.6 is 24.0 Å². The van der Waals surface area contributed by atoms with Crippen molar-refractivity contribution < 1.29 is 9.59 Å². The maximum atomic E-state index is 12.8. The Bertz CT molecular complexity index is 1110. The summed E-state index contributed by atoms with van der Waals surface area (Å²) in [5, 5.41) is 2.78. The van der Waals surface area contributed by atoms with Crippen molar-refractivity contribution in [2.24, 2.45) is 0 Å². The second-order valence-electron chi connectivity index (χ2n) is 6.67. The zero-order valence-corrected chi connectivity index (χ0v) is 17.6. The van der Waals surface area contributed by atoms with Gasteiger partial charge >= 0.3 is 0 Å².